The fourth-order valence-corrected chi connectivity index (χ4v) is 3.68. The molecular weight excluding hydrogens is 338 g/mol. The summed E-state index contributed by atoms with van der Waals surface area (Å²) in [6, 6.07) is 4.48. The smallest absolute Gasteiger partial charge is 0.328 e. The normalized spacial score (nSPS) is 15.9. The van der Waals surface area contributed by atoms with Crippen molar-refractivity contribution in [2.75, 3.05) is 0 Å². The van der Waals surface area contributed by atoms with Gasteiger partial charge in [0.1, 0.15) is 0 Å². The second kappa shape index (κ2) is 6.78. The van der Waals surface area contributed by atoms with E-state index in [1.807, 2.05) is 0 Å². The SMILES string of the molecule is CCn1c(=O)[nH]c2cc(C(=O)NC3(CC(=O)O)CCCC3)ccc2c1=O. The van der Waals surface area contributed by atoms with Crippen molar-refractivity contribution in [3.8, 4) is 0 Å². The minimum absolute atomic E-state index is 0.121. The molecule has 8 heteroatoms. The van der Waals surface area contributed by atoms with E-state index in [0.29, 0.717) is 18.2 Å². The van der Waals surface area contributed by atoms with Crippen LogP contribution in [0.1, 0.15) is 49.4 Å². The maximum Gasteiger partial charge on any atom is 0.328 e. The van der Waals surface area contributed by atoms with Crippen LogP contribution in [0, 0.1) is 0 Å². The monoisotopic (exact) mass is 359 g/mol. The van der Waals surface area contributed by atoms with Crippen molar-refractivity contribution in [3.63, 3.8) is 0 Å². The topological polar surface area (TPSA) is 121 Å². The summed E-state index contributed by atoms with van der Waals surface area (Å²) in [6.07, 6.45) is 2.86. The standard InChI is InChI=1S/C18H21N3O5/c1-2-21-16(25)12-6-5-11(9-13(12)19-17(21)26)15(24)20-18(10-14(22)23)7-3-4-8-18/h5-6,9H,2-4,7-8,10H2,1H3,(H,19,26)(H,20,24)(H,22,23). The number of carboxylic acid groups (broad SMARTS) is 1. The molecule has 0 unspecified atom stereocenters. The molecule has 8 nitrogen and oxygen atoms in total. The molecule has 0 radical (unpaired) electrons. The molecule has 1 saturated carbocycles. The Kier molecular flexibility index (Phi) is 4.67. The molecule has 1 fully saturated rings. The Hall–Kier alpha value is -2.90. The molecule has 1 aliphatic rings. The molecular formula is C18H21N3O5. The molecule has 1 aliphatic carbocycles. The first kappa shape index (κ1) is 17.9. The van der Waals surface area contributed by atoms with Crippen molar-refractivity contribution in [3.05, 3.63) is 44.6 Å². The van der Waals surface area contributed by atoms with E-state index in [4.69, 9.17) is 5.11 Å². The lowest BCUT2D eigenvalue weighted by atomic mass is 9.92. The number of aliphatic carboxylic acids is 1. The van der Waals surface area contributed by atoms with Gasteiger partial charge in [0.25, 0.3) is 11.5 Å². The van der Waals surface area contributed by atoms with Crippen LogP contribution in [0.15, 0.2) is 27.8 Å². The van der Waals surface area contributed by atoms with Crippen LogP contribution in [0.4, 0.5) is 0 Å². The molecule has 1 aromatic carbocycles. The van der Waals surface area contributed by atoms with E-state index in [0.717, 1.165) is 17.4 Å². The number of amides is 1. The highest BCUT2D eigenvalue weighted by Crippen LogP contribution is 2.33. The number of rotatable bonds is 5. The molecule has 0 spiro atoms. The minimum Gasteiger partial charge on any atom is -0.481 e. The van der Waals surface area contributed by atoms with Gasteiger partial charge in [-0.1, -0.05) is 12.8 Å². The van der Waals surface area contributed by atoms with Crippen molar-refractivity contribution in [2.24, 2.45) is 0 Å². The van der Waals surface area contributed by atoms with Gasteiger partial charge in [-0.25, -0.2) is 4.79 Å². The number of aromatic nitrogens is 2. The van der Waals surface area contributed by atoms with Gasteiger partial charge in [0, 0.05) is 12.1 Å². The van der Waals surface area contributed by atoms with E-state index >= 15 is 0 Å². The lowest BCUT2D eigenvalue weighted by Crippen LogP contribution is -2.47. The highest BCUT2D eigenvalue weighted by atomic mass is 16.4. The molecule has 3 N–H and O–H groups in total. The summed E-state index contributed by atoms with van der Waals surface area (Å²) in [4.78, 5) is 50.7. The van der Waals surface area contributed by atoms with Crippen LogP contribution in [0.3, 0.4) is 0 Å². The molecule has 26 heavy (non-hydrogen) atoms. The zero-order valence-electron chi connectivity index (χ0n) is 14.5. The maximum absolute atomic E-state index is 12.6. The van der Waals surface area contributed by atoms with E-state index in [9.17, 15) is 19.2 Å². The second-order valence-electron chi connectivity index (χ2n) is 6.75. The highest BCUT2D eigenvalue weighted by molar-refractivity contribution is 5.98. The Bertz CT molecular complexity index is 982. The second-order valence-corrected chi connectivity index (χ2v) is 6.75. The number of benzene rings is 1. The largest absolute Gasteiger partial charge is 0.481 e. The number of carboxylic acids is 1. The molecule has 138 valence electrons. The van der Waals surface area contributed by atoms with Gasteiger partial charge in [0.2, 0.25) is 0 Å². The number of hydrogen-bond donors (Lipinski definition) is 3. The third-order valence-electron chi connectivity index (χ3n) is 4.99. The highest BCUT2D eigenvalue weighted by Gasteiger charge is 2.37. The quantitative estimate of drug-likeness (QED) is 0.741. The molecule has 0 bridgehead atoms. The van der Waals surface area contributed by atoms with Crippen molar-refractivity contribution < 1.29 is 14.7 Å². The summed E-state index contributed by atoms with van der Waals surface area (Å²) in [6.45, 7) is 1.96. The zero-order valence-corrected chi connectivity index (χ0v) is 14.5. The lowest BCUT2D eigenvalue weighted by Gasteiger charge is -2.28. The van der Waals surface area contributed by atoms with E-state index in [1.165, 1.54) is 18.2 Å². The van der Waals surface area contributed by atoms with Crippen LogP contribution in [0.25, 0.3) is 10.9 Å². The minimum atomic E-state index is -0.949. The van der Waals surface area contributed by atoms with Crippen molar-refractivity contribution in [1.82, 2.24) is 14.9 Å². The summed E-state index contributed by atoms with van der Waals surface area (Å²) in [5.41, 5.74) is -1.11. The van der Waals surface area contributed by atoms with Gasteiger partial charge in [0.05, 0.1) is 22.9 Å². The van der Waals surface area contributed by atoms with Gasteiger partial charge in [-0.15, -0.1) is 0 Å². The molecule has 0 aliphatic heterocycles. The first-order valence-corrected chi connectivity index (χ1v) is 8.66. The molecule has 1 aromatic heterocycles. The number of H-pyrrole nitrogens is 1. The molecule has 1 heterocycles. The van der Waals surface area contributed by atoms with Crippen LogP contribution in [-0.2, 0) is 11.3 Å². The van der Waals surface area contributed by atoms with Gasteiger partial charge >= 0.3 is 11.7 Å². The first-order chi connectivity index (χ1) is 12.3. The van der Waals surface area contributed by atoms with E-state index < -0.39 is 28.7 Å². The predicted molar refractivity (Wildman–Crippen MR) is 95.4 cm³/mol. The van der Waals surface area contributed by atoms with Gasteiger partial charge < -0.3 is 15.4 Å². The van der Waals surface area contributed by atoms with Gasteiger partial charge in [0.15, 0.2) is 0 Å². The third-order valence-corrected chi connectivity index (χ3v) is 4.99. The average molecular weight is 359 g/mol. The predicted octanol–water partition coefficient (Wildman–Crippen LogP) is 1.23. The summed E-state index contributed by atoms with van der Waals surface area (Å²) in [5.74, 6) is -1.36. The number of hydrogen-bond acceptors (Lipinski definition) is 4. The van der Waals surface area contributed by atoms with E-state index in [-0.39, 0.29) is 24.0 Å². The molecule has 1 amide bonds. The lowest BCUT2D eigenvalue weighted by molar-refractivity contribution is -0.138. The van der Waals surface area contributed by atoms with Gasteiger partial charge in [-0.05, 0) is 38.0 Å². The van der Waals surface area contributed by atoms with Crippen LogP contribution in [0.5, 0.6) is 0 Å². The number of aromatic amines is 1. The van der Waals surface area contributed by atoms with Crippen molar-refractivity contribution >= 4 is 22.8 Å². The van der Waals surface area contributed by atoms with Crippen molar-refractivity contribution in [2.45, 2.75) is 51.1 Å². The van der Waals surface area contributed by atoms with Crippen molar-refractivity contribution in [1.29, 1.82) is 0 Å². The third kappa shape index (κ3) is 3.26. The van der Waals surface area contributed by atoms with Crippen LogP contribution >= 0.6 is 0 Å². The Balaban J connectivity index is 1.95. The molecule has 0 saturated heterocycles. The first-order valence-electron chi connectivity index (χ1n) is 8.66. The fraction of sp³-hybridized carbons (Fsp3) is 0.444. The average Bonchev–Trinajstić information content (AvgIpc) is 3.01. The number of carbonyl (C=O) groups excluding carboxylic acids is 1. The van der Waals surface area contributed by atoms with Gasteiger partial charge in [-0.3, -0.25) is 19.0 Å². The Morgan fingerprint density at radius 2 is 1.96 bits per heavy atom. The number of fused-ring (bicyclic) bond motifs is 1. The maximum atomic E-state index is 12.6. The van der Waals surface area contributed by atoms with Crippen LogP contribution in [0.2, 0.25) is 0 Å². The van der Waals surface area contributed by atoms with Crippen LogP contribution in [-0.4, -0.2) is 32.1 Å². The van der Waals surface area contributed by atoms with Gasteiger partial charge in [-0.2, -0.15) is 0 Å². The zero-order chi connectivity index (χ0) is 18.9. The Labute approximate surface area is 148 Å². The summed E-state index contributed by atoms with van der Waals surface area (Å²) in [7, 11) is 0. The fourth-order valence-electron chi connectivity index (χ4n) is 3.68. The summed E-state index contributed by atoms with van der Waals surface area (Å²) >= 11 is 0. The Morgan fingerprint density at radius 1 is 1.27 bits per heavy atom. The molecule has 3 rings (SSSR count). The number of nitrogens with one attached hydrogen (secondary N) is 2. The number of carbonyl (C=O) groups is 2. The summed E-state index contributed by atoms with van der Waals surface area (Å²) in [5, 5.41) is 12.3. The summed E-state index contributed by atoms with van der Waals surface area (Å²) < 4.78 is 1.09. The Morgan fingerprint density at radius 3 is 2.58 bits per heavy atom. The molecule has 0 atom stereocenters. The number of nitrogens with zero attached hydrogens (tertiary/aromatic N) is 1. The molecule has 2 aromatic rings. The van der Waals surface area contributed by atoms with Crippen LogP contribution < -0.4 is 16.6 Å². The van der Waals surface area contributed by atoms with E-state index in [1.54, 1.807) is 6.92 Å². The van der Waals surface area contributed by atoms with E-state index in [2.05, 4.69) is 10.3 Å².